The molecule has 0 saturated carbocycles. The minimum absolute atomic E-state index is 0.0288. The lowest BCUT2D eigenvalue weighted by molar-refractivity contribution is -0.138. The maximum atomic E-state index is 14.2. The highest BCUT2D eigenvalue weighted by atomic mass is 19.4. The van der Waals surface area contributed by atoms with Gasteiger partial charge >= 0.3 is 12.3 Å². The van der Waals surface area contributed by atoms with Gasteiger partial charge in [-0.2, -0.15) is 18.4 Å². The lowest BCUT2D eigenvalue weighted by atomic mass is 10.0. The first-order valence-corrected chi connectivity index (χ1v) is 14.5. The number of amides is 2. The van der Waals surface area contributed by atoms with E-state index in [9.17, 15) is 37.2 Å². The summed E-state index contributed by atoms with van der Waals surface area (Å²) in [6.45, 7) is 9.04. The highest BCUT2D eigenvalue weighted by molar-refractivity contribution is 6.08. The van der Waals surface area contributed by atoms with Gasteiger partial charge in [0, 0.05) is 31.1 Å². The number of benzene rings is 2. The molecule has 1 aliphatic heterocycles. The van der Waals surface area contributed by atoms with E-state index in [1.807, 2.05) is 13.0 Å². The number of rotatable bonds is 5. The first kappa shape index (κ1) is 34.1. The molecule has 3 aromatic rings. The number of pyridine rings is 1. The van der Waals surface area contributed by atoms with Gasteiger partial charge in [-0.1, -0.05) is 0 Å². The maximum absolute atomic E-state index is 14.2. The molecule has 14 heteroatoms. The number of aromatic amines is 1. The van der Waals surface area contributed by atoms with Crippen LogP contribution in [0.4, 0.5) is 28.0 Å². The highest BCUT2D eigenvalue weighted by Crippen LogP contribution is 2.41. The van der Waals surface area contributed by atoms with Crippen molar-refractivity contribution in [2.24, 2.45) is 0 Å². The van der Waals surface area contributed by atoms with Crippen LogP contribution in [0.3, 0.4) is 0 Å². The number of fused-ring (bicyclic) bond motifs is 1. The average molecular weight is 646 g/mol. The van der Waals surface area contributed by atoms with Gasteiger partial charge in [0.1, 0.15) is 22.7 Å². The number of nitriles is 1. The fourth-order valence-electron chi connectivity index (χ4n) is 5.39. The molecule has 4 rings (SSSR count). The molecule has 1 aromatic heterocycles. The van der Waals surface area contributed by atoms with Gasteiger partial charge in [-0.15, -0.1) is 0 Å². The van der Waals surface area contributed by atoms with Crippen LogP contribution in [0.15, 0.2) is 35.1 Å². The number of carbonyl (C=O) groups excluding carboxylic acids is 2. The van der Waals surface area contributed by atoms with Crippen LogP contribution in [0.25, 0.3) is 10.9 Å². The van der Waals surface area contributed by atoms with E-state index in [1.54, 1.807) is 25.7 Å². The zero-order chi connectivity index (χ0) is 34.1. The number of nitrogens with zero attached hydrogens (tertiary/aromatic N) is 3. The number of alkyl halides is 3. The van der Waals surface area contributed by atoms with Gasteiger partial charge in [0.15, 0.2) is 0 Å². The molecule has 0 unspecified atom stereocenters. The van der Waals surface area contributed by atoms with Gasteiger partial charge in [-0.3, -0.25) is 9.59 Å². The van der Waals surface area contributed by atoms with Crippen LogP contribution in [-0.4, -0.2) is 60.3 Å². The molecule has 2 aromatic carbocycles. The fraction of sp³-hybridized carbons (Fsp3) is 0.438. The lowest BCUT2D eigenvalue weighted by Crippen LogP contribution is -2.43. The summed E-state index contributed by atoms with van der Waals surface area (Å²) >= 11 is 0. The van der Waals surface area contributed by atoms with Crippen LogP contribution in [0.1, 0.15) is 74.1 Å². The van der Waals surface area contributed by atoms with Crippen molar-refractivity contribution in [3.8, 4) is 11.8 Å². The third-order valence-electron chi connectivity index (χ3n) is 7.64. The summed E-state index contributed by atoms with van der Waals surface area (Å²) in [6.07, 6.45) is -4.97. The topological polar surface area (TPSA) is 128 Å². The molecular weight excluding hydrogens is 610 g/mol. The number of H-pyrrole nitrogens is 1. The van der Waals surface area contributed by atoms with E-state index in [1.165, 1.54) is 17.9 Å². The van der Waals surface area contributed by atoms with Gasteiger partial charge < -0.3 is 29.6 Å². The van der Waals surface area contributed by atoms with Gasteiger partial charge in [-0.25, -0.2) is 9.18 Å². The minimum Gasteiger partial charge on any atom is -0.496 e. The number of hydrogen-bond acceptors (Lipinski definition) is 7. The summed E-state index contributed by atoms with van der Waals surface area (Å²) in [7, 11) is 1.08. The molecule has 2 heterocycles. The minimum atomic E-state index is -4.80. The highest BCUT2D eigenvalue weighted by Gasteiger charge is 2.37. The molecule has 1 fully saturated rings. The molecule has 246 valence electrons. The van der Waals surface area contributed by atoms with E-state index in [2.05, 4.69) is 10.3 Å². The Morgan fingerprint density at radius 2 is 1.80 bits per heavy atom. The number of halogens is 4. The van der Waals surface area contributed by atoms with E-state index >= 15 is 0 Å². The quantitative estimate of drug-likeness (QED) is 0.331. The Labute approximate surface area is 262 Å². The van der Waals surface area contributed by atoms with E-state index in [4.69, 9.17) is 9.47 Å². The summed E-state index contributed by atoms with van der Waals surface area (Å²) in [5, 5.41) is 12.0. The summed E-state index contributed by atoms with van der Waals surface area (Å²) in [4.78, 5) is 46.0. The second-order valence-corrected chi connectivity index (χ2v) is 12.2. The molecule has 10 nitrogen and oxygen atoms in total. The summed E-state index contributed by atoms with van der Waals surface area (Å²) < 4.78 is 66.5. The molecule has 2 atom stereocenters. The van der Waals surface area contributed by atoms with Crippen molar-refractivity contribution in [1.29, 1.82) is 5.26 Å². The summed E-state index contributed by atoms with van der Waals surface area (Å²) in [6, 6.07) is 6.12. The molecule has 0 bridgehead atoms. The summed E-state index contributed by atoms with van der Waals surface area (Å²) in [5.74, 6) is -2.09. The molecular formula is C32H35F4N5O5. The Hall–Kier alpha value is -4.80. The lowest BCUT2D eigenvalue weighted by Gasteiger charge is -2.30. The molecule has 46 heavy (non-hydrogen) atoms. The number of methoxy groups -OCH3 is 1. The second kappa shape index (κ2) is 12.9. The van der Waals surface area contributed by atoms with Crippen molar-refractivity contribution in [1.82, 2.24) is 15.2 Å². The Morgan fingerprint density at radius 3 is 2.41 bits per heavy atom. The number of ether oxygens (including phenoxy) is 2. The van der Waals surface area contributed by atoms with Crippen molar-refractivity contribution >= 4 is 28.6 Å². The third-order valence-corrected chi connectivity index (χ3v) is 7.64. The van der Waals surface area contributed by atoms with Crippen molar-refractivity contribution in [2.45, 2.75) is 64.9 Å². The van der Waals surface area contributed by atoms with Crippen LogP contribution in [0.2, 0.25) is 0 Å². The van der Waals surface area contributed by atoms with E-state index in [0.717, 1.165) is 31.4 Å². The number of aromatic nitrogens is 1. The van der Waals surface area contributed by atoms with Gasteiger partial charge in [0.25, 0.3) is 11.5 Å². The predicted molar refractivity (Wildman–Crippen MR) is 162 cm³/mol. The van der Waals surface area contributed by atoms with Crippen molar-refractivity contribution in [2.75, 3.05) is 31.6 Å². The molecule has 1 aliphatic rings. The number of carbonyl (C=O) groups is 2. The first-order valence-electron chi connectivity index (χ1n) is 14.5. The standard InChI is InChI=1S/C32H35F4N5O5/c1-17-7-8-40(9-10-41(17)30(44)46-31(3,4)5)27-22-14-25(45-6)23(32(34,35)36)15-24(22)39-29(43)26(27)28(42)38-18(2)20-11-19(16-37)12-21(33)13-20/h11-15,17-18H,7-10H2,1-6H3,(H,38,42)(H,39,43)/t17-,18-/m0/s1. The van der Waals surface area contributed by atoms with Crippen LogP contribution in [-0.2, 0) is 10.9 Å². The number of nitrogens with one attached hydrogen (secondary N) is 2. The Morgan fingerprint density at radius 1 is 1.11 bits per heavy atom. The van der Waals surface area contributed by atoms with Crippen LogP contribution in [0, 0.1) is 17.1 Å². The Kier molecular flexibility index (Phi) is 9.56. The molecule has 2 amide bonds. The third kappa shape index (κ3) is 7.35. The molecule has 0 radical (unpaired) electrons. The molecule has 2 N–H and O–H groups in total. The zero-order valence-electron chi connectivity index (χ0n) is 26.3. The number of hydrogen-bond donors (Lipinski definition) is 2. The van der Waals surface area contributed by atoms with Gasteiger partial charge in [0.05, 0.1) is 41.6 Å². The largest absolute Gasteiger partial charge is 0.496 e. The maximum Gasteiger partial charge on any atom is 0.420 e. The van der Waals surface area contributed by atoms with Crippen LogP contribution < -0.4 is 20.5 Å². The number of anilines is 1. The normalized spacial score (nSPS) is 16.4. The molecule has 1 saturated heterocycles. The van der Waals surface area contributed by atoms with Gasteiger partial charge in [0.2, 0.25) is 0 Å². The Balaban J connectivity index is 1.85. The molecule has 0 aliphatic carbocycles. The molecule has 0 spiro atoms. The van der Waals surface area contributed by atoms with E-state index < -0.39 is 58.1 Å². The first-order chi connectivity index (χ1) is 21.4. The SMILES string of the molecule is COc1cc2c(N3CC[C@H](C)N(C(=O)OC(C)(C)C)CC3)c(C(=O)N[C@@H](C)c3cc(F)cc(C#N)c3)c(=O)[nH]c2cc1C(F)(F)F. The summed E-state index contributed by atoms with van der Waals surface area (Å²) in [5.41, 5.74) is -3.06. The predicted octanol–water partition coefficient (Wildman–Crippen LogP) is 5.89. The van der Waals surface area contributed by atoms with E-state index in [0.29, 0.717) is 6.42 Å². The van der Waals surface area contributed by atoms with E-state index in [-0.39, 0.29) is 53.4 Å². The average Bonchev–Trinajstić information content (AvgIpc) is 3.15. The Bertz CT molecular complexity index is 1760. The van der Waals surface area contributed by atoms with Crippen LogP contribution in [0.5, 0.6) is 5.75 Å². The van der Waals surface area contributed by atoms with Crippen molar-refractivity contribution in [3.63, 3.8) is 0 Å². The monoisotopic (exact) mass is 645 g/mol. The van der Waals surface area contributed by atoms with Gasteiger partial charge in [-0.05, 0) is 76.9 Å². The zero-order valence-corrected chi connectivity index (χ0v) is 26.3. The van der Waals surface area contributed by atoms with Crippen LogP contribution >= 0.6 is 0 Å². The fourth-order valence-corrected chi connectivity index (χ4v) is 5.39. The second-order valence-electron chi connectivity index (χ2n) is 12.2. The van der Waals surface area contributed by atoms with Crippen molar-refractivity contribution < 1.29 is 36.6 Å². The smallest absolute Gasteiger partial charge is 0.420 e. The van der Waals surface area contributed by atoms with Crippen molar-refractivity contribution in [3.05, 3.63) is 68.8 Å².